The predicted molar refractivity (Wildman–Crippen MR) is 118 cm³/mol. The lowest BCUT2D eigenvalue weighted by molar-refractivity contribution is 0.0911. The molecule has 2 heterocycles. The van der Waals surface area contributed by atoms with Crippen LogP contribution < -0.4 is 10.6 Å². The molecular formula is C22H19ClN6O2. The van der Waals surface area contributed by atoms with E-state index in [-0.39, 0.29) is 12.3 Å². The first-order valence-electron chi connectivity index (χ1n) is 9.49. The first-order valence-corrected chi connectivity index (χ1v) is 9.87. The largest absolute Gasteiger partial charge is 0.394 e. The summed E-state index contributed by atoms with van der Waals surface area (Å²) in [6.45, 7) is -0.271. The van der Waals surface area contributed by atoms with Gasteiger partial charge in [0.1, 0.15) is 17.8 Å². The van der Waals surface area contributed by atoms with Crippen molar-refractivity contribution < 1.29 is 9.90 Å². The Morgan fingerprint density at radius 2 is 1.94 bits per heavy atom. The van der Waals surface area contributed by atoms with Gasteiger partial charge >= 0.3 is 0 Å². The van der Waals surface area contributed by atoms with Crippen molar-refractivity contribution in [2.75, 3.05) is 11.9 Å². The number of rotatable bonds is 7. The van der Waals surface area contributed by atoms with Crippen LogP contribution in [0.4, 0.5) is 11.6 Å². The zero-order valence-electron chi connectivity index (χ0n) is 16.3. The third-order valence-corrected chi connectivity index (χ3v) is 4.72. The van der Waals surface area contributed by atoms with E-state index in [1.165, 1.54) is 6.33 Å². The molecule has 9 heteroatoms. The van der Waals surface area contributed by atoms with Crippen LogP contribution in [0, 0.1) is 0 Å². The van der Waals surface area contributed by atoms with Crippen molar-refractivity contribution in [1.29, 1.82) is 0 Å². The number of carbonyl (C=O) groups excluding carboxylic acids is 1. The molecule has 4 rings (SSSR count). The second-order valence-electron chi connectivity index (χ2n) is 6.66. The zero-order valence-corrected chi connectivity index (χ0v) is 17.1. The Bertz CT molecular complexity index is 1180. The Kier molecular flexibility index (Phi) is 6.21. The molecule has 2 aromatic heterocycles. The standard InChI is InChI=1S/C22H19ClN6O2/c23-16-6-4-5-15(11-16)19(13-30)27-21(31)18-12-29(14-25-18)20-9-10-24-22(28-20)26-17-7-2-1-3-8-17/h1-12,14,19,30H,13H2,(H,27,31)(H,24,26,28). The number of aliphatic hydroxyl groups is 1. The fraction of sp³-hybridized carbons (Fsp3) is 0.0909. The fourth-order valence-electron chi connectivity index (χ4n) is 2.96. The van der Waals surface area contributed by atoms with Crippen LogP contribution in [0.25, 0.3) is 5.82 Å². The normalized spacial score (nSPS) is 11.7. The molecule has 1 unspecified atom stereocenters. The van der Waals surface area contributed by atoms with Gasteiger partial charge < -0.3 is 15.7 Å². The minimum atomic E-state index is -0.600. The van der Waals surface area contributed by atoms with Crippen molar-refractivity contribution in [3.63, 3.8) is 0 Å². The molecule has 1 atom stereocenters. The van der Waals surface area contributed by atoms with E-state index < -0.39 is 11.9 Å². The van der Waals surface area contributed by atoms with E-state index in [1.807, 2.05) is 30.3 Å². The van der Waals surface area contributed by atoms with Gasteiger partial charge in [-0.1, -0.05) is 41.9 Å². The molecule has 4 aromatic rings. The SMILES string of the molecule is O=C(NC(CO)c1cccc(Cl)c1)c1cn(-c2ccnc(Nc3ccccc3)n2)cn1. The van der Waals surface area contributed by atoms with Gasteiger partial charge in [-0.15, -0.1) is 0 Å². The number of aromatic nitrogens is 4. The summed E-state index contributed by atoms with van der Waals surface area (Å²) in [5, 5.41) is 16.1. The number of nitrogens with zero attached hydrogens (tertiary/aromatic N) is 4. The molecule has 0 saturated heterocycles. The maximum atomic E-state index is 12.6. The van der Waals surface area contributed by atoms with E-state index in [0.717, 1.165) is 5.69 Å². The summed E-state index contributed by atoms with van der Waals surface area (Å²) in [4.78, 5) is 25.5. The van der Waals surface area contributed by atoms with Gasteiger partial charge in [-0.05, 0) is 35.9 Å². The molecule has 0 saturated carbocycles. The Morgan fingerprint density at radius 3 is 2.71 bits per heavy atom. The van der Waals surface area contributed by atoms with Gasteiger partial charge in [0.25, 0.3) is 5.91 Å². The van der Waals surface area contributed by atoms with E-state index in [2.05, 4.69) is 25.6 Å². The molecular weight excluding hydrogens is 416 g/mol. The van der Waals surface area contributed by atoms with Gasteiger partial charge in [-0.3, -0.25) is 9.36 Å². The number of aliphatic hydroxyl groups excluding tert-OH is 1. The van der Waals surface area contributed by atoms with Crippen molar-refractivity contribution in [2.24, 2.45) is 0 Å². The minimum Gasteiger partial charge on any atom is -0.394 e. The summed E-state index contributed by atoms with van der Waals surface area (Å²) in [5.41, 5.74) is 1.76. The lowest BCUT2D eigenvalue weighted by Crippen LogP contribution is -2.31. The third kappa shape index (κ3) is 5.06. The van der Waals surface area contributed by atoms with Crippen molar-refractivity contribution >= 4 is 29.1 Å². The predicted octanol–water partition coefficient (Wildman–Crippen LogP) is 3.52. The molecule has 0 radical (unpaired) electrons. The number of amides is 1. The summed E-state index contributed by atoms with van der Waals surface area (Å²) in [6, 6.07) is 17.7. The summed E-state index contributed by atoms with van der Waals surface area (Å²) in [5.74, 6) is 0.549. The van der Waals surface area contributed by atoms with E-state index in [0.29, 0.717) is 22.4 Å². The number of anilines is 2. The summed E-state index contributed by atoms with van der Waals surface area (Å²) < 4.78 is 1.63. The zero-order chi connectivity index (χ0) is 21.6. The average molecular weight is 435 g/mol. The second-order valence-corrected chi connectivity index (χ2v) is 7.10. The molecule has 0 aliphatic carbocycles. The monoisotopic (exact) mass is 434 g/mol. The molecule has 1 amide bonds. The number of halogens is 1. The molecule has 0 bridgehead atoms. The number of carbonyl (C=O) groups is 1. The van der Waals surface area contributed by atoms with Crippen LogP contribution in [0.1, 0.15) is 22.1 Å². The summed E-state index contributed by atoms with van der Waals surface area (Å²) >= 11 is 6.01. The van der Waals surface area contributed by atoms with Crippen molar-refractivity contribution in [3.8, 4) is 5.82 Å². The summed E-state index contributed by atoms with van der Waals surface area (Å²) in [7, 11) is 0. The number of hydrogen-bond donors (Lipinski definition) is 3. The number of para-hydroxylation sites is 1. The van der Waals surface area contributed by atoms with Crippen LogP contribution >= 0.6 is 11.6 Å². The topological polar surface area (TPSA) is 105 Å². The van der Waals surface area contributed by atoms with Crippen molar-refractivity contribution in [2.45, 2.75) is 6.04 Å². The van der Waals surface area contributed by atoms with Crippen molar-refractivity contribution in [3.05, 3.63) is 95.7 Å². The van der Waals surface area contributed by atoms with E-state index >= 15 is 0 Å². The van der Waals surface area contributed by atoms with Gasteiger partial charge in [0.15, 0.2) is 0 Å². The minimum absolute atomic E-state index is 0.191. The number of nitrogens with one attached hydrogen (secondary N) is 2. The van der Waals surface area contributed by atoms with Crippen molar-refractivity contribution in [1.82, 2.24) is 24.8 Å². The van der Waals surface area contributed by atoms with Crippen LogP contribution in [-0.2, 0) is 0 Å². The molecule has 0 spiro atoms. The van der Waals surface area contributed by atoms with Crippen LogP contribution in [0.15, 0.2) is 79.4 Å². The Labute approximate surface area is 183 Å². The molecule has 3 N–H and O–H groups in total. The highest BCUT2D eigenvalue weighted by molar-refractivity contribution is 6.30. The Balaban J connectivity index is 1.49. The van der Waals surface area contributed by atoms with E-state index in [9.17, 15) is 9.90 Å². The number of imidazole rings is 1. The van der Waals surface area contributed by atoms with Gasteiger partial charge in [0, 0.05) is 23.1 Å². The highest BCUT2D eigenvalue weighted by atomic mass is 35.5. The Hall–Kier alpha value is -3.75. The second kappa shape index (κ2) is 9.38. The molecule has 31 heavy (non-hydrogen) atoms. The quantitative estimate of drug-likeness (QED) is 0.411. The van der Waals surface area contributed by atoms with Gasteiger partial charge in [-0.2, -0.15) is 4.98 Å². The maximum Gasteiger partial charge on any atom is 0.272 e. The average Bonchev–Trinajstić information content (AvgIpc) is 3.29. The smallest absolute Gasteiger partial charge is 0.272 e. The third-order valence-electron chi connectivity index (χ3n) is 4.49. The molecule has 156 valence electrons. The molecule has 8 nitrogen and oxygen atoms in total. The van der Waals surface area contributed by atoms with Crippen LogP contribution in [0.5, 0.6) is 0 Å². The van der Waals surface area contributed by atoms with Crippen LogP contribution in [-0.4, -0.2) is 37.1 Å². The van der Waals surface area contributed by atoms with Crippen LogP contribution in [0.2, 0.25) is 5.02 Å². The highest BCUT2D eigenvalue weighted by Crippen LogP contribution is 2.18. The van der Waals surface area contributed by atoms with Gasteiger partial charge in [0.05, 0.1) is 12.6 Å². The summed E-state index contributed by atoms with van der Waals surface area (Å²) in [6.07, 6.45) is 4.68. The molecule has 0 aliphatic heterocycles. The Morgan fingerprint density at radius 1 is 1.10 bits per heavy atom. The first kappa shape index (κ1) is 20.5. The lowest BCUT2D eigenvalue weighted by Gasteiger charge is -2.16. The highest BCUT2D eigenvalue weighted by Gasteiger charge is 2.17. The number of benzene rings is 2. The van der Waals surface area contributed by atoms with Gasteiger partial charge in [-0.25, -0.2) is 9.97 Å². The maximum absolute atomic E-state index is 12.6. The lowest BCUT2D eigenvalue weighted by atomic mass is 10.1. The molecule has 2 aromatic carbocycles. The fourth-order valence-corrected chi connectivity index (χ4v) is 3.16. The van der Waals surface area contributed by atoms with Gasteiger partial charge in [0.2, 0.25) is 5.95 Å². The number of hydrogen-bond acceptors (Lipinski definition) is 6. The first-order chi connectivity index (χ1) is 15.1. The molecule has 0 aliphatic rings. The molecule has 0 fully saturated rings. The van der Waals surface area contributed by atoms with Crippen LogP contribution in [0.3, 0.4) is 0 Å². The van der Waals surface area contributed by atoms with E-state index in [4.69, 9.17) is 11.6 Å². The van der Waals surface area contributed by atoms with E-state index in [1.54, 1.807) is 47.3 Å².